The van der Waals surface area contributed by atoms with Gasteiger partial charge in [-0.2, -0.15) is 8.78 Å². The van der Waals surface area contributed by atoms with Gasteiger partial charge >= 0.3 is 5.92 Å². The van der Waals surface area contributed by atoms with E-state index in [1.165, 1.54) is 12.1 Å². The number of nitrogens with zero attached hydrogens (tertiary/aromatic N) is 2. The van der Waals surface area contributed by atoms with Gasteiger partial charge in [0.15, 0.2) is 0 Å². The van der Waals surface area contributed by atoms with Crippen molar-refractivity contribution in [3.63, 3.8) is 0 Å². The van der Waals surface area contributed by atoms with E-state index in [0.717, 1.165) is 23.1 Å². The van der Waals surface area contributed by atoms with E-state index >= 15 is 0 Å². The van der Waals surface area contributed by atoms with E-state index in [2.05, 4.69) is 5.32 Å². The number of rotatable bonds is 5. The van der Waals surface area contributed by atoms with Crippen molar-refractivity contribution in [1.29, 1.82) is 0 Å². The lowest BCUT2D eigenvalue weighted by molar-refractivity contribution is -0.154. The van der Waals surface area contributed by atoms with Crippen LogP contribution in [-0.4, -0.2) is 86.6 Å². The first-order chi connectivity index (χ1) is 17.6. The summed E-state index contributed by atoms with van der Waals surface area (Å²) in [6.07, 6.45) is -0.139. The highest BCUT2D eigenvalue weighted by Gasteiger charge is 2.50. The summed E-state index contributed by atoms with van der Waals surface area (Å²) in [5.74, 6) is -9.94. The third-order valence-corrected chi connectivity index (χ3v) is 6.80. The summed E-state index contributed by atoms with van der Waals surface area (Å²) in [6, 6.07) is 4.15. The second kappa shape index (κ2) is 9.67. The molecular weight excluding hydrogens is 509 g/mol. The molecule has 0 spiro atoms. The molecule has 38 heavy (non-hydrogen) atoms. The molecule has 1 fully saturated rings. The standard InChI is InChI=1S/C22H12B6ClF2N3O4/c23-15-10(17(25)34(28)20(38)21(30,31)8-1-3-9(29)4-2-8)7-11-14(16(15)24)19(37)33(22(11,26)27)12-5-6-13(35)32-18(12)36/h1-4,7,12,17H,5-6H2,(H,32,35,36). The third-order valence-electron chi connectivity index (χ3n) is 6.55. The number of halogens is 3. The first-order valence-electron chi connectivity index (χ1n) is 11.1. The van der Waals surface area contributed by atoms with Gasteiger partial charge in [-0.15, -0.1) is 0 Å². The first-order valence-corrected chi connectivity index (χ1v) is 11.4. The van der Waals surface area contributed by atoms with E-state index in [1.54, 1.807) is 0 Å². The Morgan fingerprint density at radius 3 is 2.34 bits per heavy atom. The van der Waals surface area contributed by atoms with Gasteiger partial charge in [-0.1, -0.05) is 40.7 Å². The molecule has 2 heterocycles. The lowest BCUT2D eigenvalue weighted by Crippen LogP contribution is -2.59. The van der Waals surface area contributed by atoms with Gasteiger partial charge in [0.05, 0.1) is 15.7 Å². The Hall–Kier alpha value is -2.94. The number of hydrogen-bond donors (Lipinski definition) is 1. The van der Waals surface area contributed by atoms with Crippen LogP contribution in [0.15, 0.2) is 30.3 Å². The fourth-order valence-corrected chi connectivity index (χ4v) is 4.62. The second-order valence-corrected chi connectivity index (χ2v) is 9.36. The zero-order valence-corrected chi connectivity index (χ0v) is 20.3. The maximum Gasteiger partial charge on any atom is 0.348 e. The van der Waals surface area contributed by atoms with Crippen LogP contribution in [-0.2, 0) is 25.6 Å². The number of amides is 4. The lowest BCUT2D eigenvalue weighted by Gasteiger charge is -2.40. The van der Waals surface area contributed by atoms with Crippen molar-refractivity contribution in [2.24, 2.45) is 0 Å². The van der Waals surface area contributed by atoms with Crippen molar-refractivity contribution in [2.45, 2.75) is 36.1 Å². The molecule has 4 rings (SSSR count). The van der Waals surface area contributed by atoms with Crippen LogP contribution in [0.1, 0.15) is 45.8 Å². The van der Waals surface area contributed by atoms with Crippen LogP contribution in [0.3, 0.4) is 0 Å². The van der Waals surface area contributed by atoms with Gasteiger partial charge in [0.25, 0.3) is 11.8 Å². The molecule has 2 atom stereocenters. The molecule has 2 aromatic carbocycles. The van der Waals surface area contributed by atoms with Crippen LogP contribution in [0.5, 0.6) is 0 Å². The highest BCUT2D eigenvalue weighted by molar-refractivity contribution is 6.53. The van der Waals surface area contributed by atoms with Gasteiger partial charge in [-0.3, -0.25) is 24.5 Å². The highest BCUT2D eigenvalue weighted by Crippen LogP contribution is 2.38. The zero-order valence-electron chi connectivity index (χ0n) is 19.6. The number of nitrogens with one attached hydrogen (secondary N) is 1. The van der Waals surface area contributed by atoms with Gasteiger partial charge in [-0.25, -0.2) is 0 Å². The Labute approximate surface area is 229 Å². The largest absolute Gasteiger partial charge is 0.393 e. The van der Waals surface area contributed by atoms with Crippen LogP contribution in [0.25, 0.3) is 0 Å². The van der Waals surface area contributed by atoms with Gasteiger partial charge in [0.2, 0.25) is 19.8 Å². The summed E-state index contributed by atoms with van der Waals surface area (Å²) >= 11 is 5.72. The number of hydrogen-bond acceptors (Lipinski definition) is 4. The van der Waals surface area contributed by atoms with Gasteiger partial charge in [-0.05, 0) is 35.0 Å². The molecule has 0 aliphatic carbocycles. The molecule has 12 radical (unpaired) electrons. The summed E-state index contributed by atoms with van der Waals surface area (Å²) in [7, 11) is 36.5. The van der Waals surface area contributed by atoms with Crippen molar-refractivity contribution in [1.82, 2.24) is 15.0 Å². The van der Waals surface area contributed by atoms with Gasteiger partial charge in [0.1, 0.15) is 29.6 Å². The molecular formula is C22H12B6ClF2N3O4. The van der Waals surface area contributed by atoms with Crippen molar-refractivity contribution < 1.29 is 28.0 Å². The minimum atomic E-state index is -4.10. The van der Waals surface area contributed by atoms with E-state index in [0.29, 0.717) is 0 Å². The van der Waals surface area contributed by atoms with E-state index in [1.807, 2.05) is 0 Å². The third kappa shape index (κ3) is 4.38. The van der Waals surface area contributed by atoms with Crippen molar-refractivity contribution in [2.75, 3.05) is 0 Å². The Morgan fingerprint density at radius 2 is 1.76 bits per heavy atom. The number of carbonyl (C=O) groups excluding carboxylic acids is 4. The quantitative estimate of drug-likeness (QED) is 0.385. The van der Waals surface area contributed by atoms with E-state index < -0.39 is 52.4 Å². The average Bonchev–Trinajstić information content (AvgIpc) is 3.05. The molecule has 7 nitrogen and oxygen atoms in total. The maximum absolute atomic E-state index is 14.9. The molecule has 178 valence electrons. The summed E-state index contributed by atoms with van der Waals surface area (Å²) in [5.41, 5.74) is -2.02. The molecule has 2 aliphatic heterocycles. The second-order valence-electron chi connectivity index (χ2n) is 8.92. The molecule has 0 saturated carbocycles. The number of piperidine rings is 1. The molecule has 1 N–H and O–H groups in total. The number of benzene rings is 2. The average molecular weight is 521 g/mol. The Bertz CT molecular complexity index is 1380. The number of alkyl halides is 2. The summed E-state index contributed by atoms with van der Waals surface area (Å²) in [5, 5.41) is 0.130. The molecule has 0 bridgehead atoms. The Morgan fingerprint density at radius 1 is 1.16 bits per heavy atom. The van der Waals surface area contributed by atoms with Crippen LogP contribution in [0.2, 0.25) is 5.02 Å². The number of carbonyl (C=O) groups is 4. The molecule has 16 heteroatoms. The predicted octanol–water partition coefficient (Wildman–Crippen LogP) is -1.49. The summed E-state index contributed by atoms with van der Waals surface area (Å²) < 4.78 is 29.8. The SMILES string of the molecule is [B]c1c(C([B])N([B])C(=O)C(F)(F)c2ccc(Cl)cc2)cc2c(c1[B])C(=O)N(C1CCC(=O)NC1=O)C2([B])[B]. The first kappa shape index (κ1) is 28.1. The van der Waals surface area contributed by atoms with Crippen LogP contribution >= 0.6 is 11.6 Å². The molecule has 2 unspecified atom stereocenters. The fourth-order valence-electron chi connectivity index (χ4n) is 4.50. The van der Waals surface area contributed by atoms with Gasteiger partial charge < -0.3 is 9.71 Å². The Kier molecular flexibility index (Phi) is 7.14. The number of fused-ring (bicyclic) bond motifs is 1. The lowest BCUT2D eigenvalue weighted by atomic mass is 9.56. The smallest absolute Gasteiger partial charge is 0.348 e. The highest BCUT2D eigenvalue weighted by atomic mass is 35.5. The fraction of sp³-hybridized carbons (Fsp3) is 0.273. The molecule has 1 saturated heterocycles. The van der Waals surface area contributed by atoms with Crippen molar-refractivity contribution in [3.05, 3.63) is 57.6 Å². The van der Waals surface area contributed by atoms with E-state index in [-0.39, 0.29) is 50.3 Å². The van der Waals surface area contributed by atoms with Crippen LogP contribution in [0, 0.1) is 0 Å². The summed E-state index contributed by atoms with van der Waals surface area (Å²) in [6.45, 7) is 0. The normalized spacial score (nSPS) is 19.6. The van der Waals surface area contributed by atoms with E-state index in [4.69, 9.17) is 58.8 Å². The van der Waals surface area contributed by atoms with Crippen molar-refractivity contribution in [3.8, 4) is 0 Å². The number of imide groups is 1. The minimum absolute atomic E-state index is 0.0623. The maximum atomic E-state index is 14.9. The zero-order chi connectivity index (χ0) is 28.3. The van der Waals surface area contributed by atoms with Crippen molar-refractivity contribution >= 4 is 93.4 Å². The summed E-state index contributed by atoms with van der Waals surface area (Å²) in [4.78, 5) is 50.9. The van der Waals surface area contributed by atoms with Crippen LogP contribution < -0.4 is 16.2 Å². The minimum Gasteiger partial charge on any atom is -0.393 e. The topological polar surface area (TPSA) is 86.8 Å². The molecule has 4 amide bonds. The van der Waals surface area contributed by atoms with E-state index in [9.17, 15) is 28.0 Å². The van der Waals surface area contributed by atoms with Gasteiger partial charge in [0, 0.05) is 28.5 Å². The molecule has 2 aliphatic rings. The monoisotopic (exact) mass is 521 g/mol. The van der Waals surface area contributed by atoms with Crippen LogP contribution in [0.4, 0.5) is 8.78 Å². The predicted molar refractivity (Wildman–Crippen MR) is 139 cm³/mol. The Balaban J connectivity index is 1.71. The molecule has 2 aromatic rings. The molecule has 0 aromatic heterocycles.